The van der Waals surface area contributed by atoms with Crippen molar-refractivity contribution >= 4 is 38.2 Å². The van der Waals surface area contributed by atoms with E-state index in [4.69, 9.17) is 0 Å². The highest BCUT2D eigenvalue weighted by Crippen LogP contribution is 2.40. The molecule has 17 heavy (non-hydrogen) atoms. The molecular weight excluding hydrogens is 286 g/mol. The Bertz CT molecular complexity index is 694. The molecule has 2 aromatic carbocycles. The second-order valence-corrected chi connectivity index (χ2v) is 4.80. The van der Waals surface area contributed by atoms with Crippen LogP contribution in [0.4, 0.5) is 5.69 Å². The highest BCUT2D eigenvalue weighted by molar-refractivity contribution is 9.10. The number of ketones is 1. The molecule has 0 spiro atoms. The topological polar surface area (TPSA) is 60.2 Å². The van der Waals surface area contributed by atoms with Crippen molar-refractivity contribution in [1.82, 2.24) is 0 Å². The number of hydrogen-bond donors (Lipinski definition) is 0. The van der Waals surface area contributed by atoms with Crippen molar-refractivity contribution in [2.45, 2.75) is 6.42 Å². The second kappa shape index (κ2) is 3.37. The minimum Gasteiger partial charge on any atom is -0.294 e. The largest absolute Gasteiger partial charge is 0.294 e. The molecule has 0 bridgehead atoms. The monoisotopic (exact) mass is 291 g/mol. The molecule has 1 aliphatic carbocycles. The first kappa shape index (κ1) is 10.4. The van der Waals surface area contributed by atoms with Crippen molar-refractivity contribution < 1.29 is 9.72 Å². The van der Waals surface area contributed by atoms with Gasteiger partial charge in [-0.3, -0.25) is 14.9 Å². The van der Waals surface area contributed by atoms with Crippen LogP contribution in [0.25, 0.3) is 10.8 Å². The lowest BCUT2D eigenvalue weighted by molar-refractivity contribution is -0.383. The summed E-state index contributed by atoms with van der Waals surface area (Å²) in [6, 6.07) is 6.54. The minimum atomic E-state index is -0.420. The number of benzene rings is 2. The fourth-order valence-electron chi connectivity index (χ4n) is 2.31. The third-order valence-electron chi connectivity index (χ3n) is 3.02. The molecule has 0 N–H and O–H groups in total. The van der Waals surface area contributed by atoms with E-state index < -0.39 is 4.92 Å². The zero-order valence-electron chi connectivity index (χ0n) is 8.57. The maximum atomic E-state index is 11.8. The maximum Gasteiger partial charge on any atom is 0.278 e. The van der Waals surface area contributed by atoms with E-state index in [9.17, 15) is 14.9 Å². The Balaban J connectivity index is 2.56. The van der Waals surface area contributed by atoms with Gasteiger partial charge < -0.3 is 0 Å². The van der Waals surface area contributed by atoms with E-state index >= 15 is 0 Å². The zero-order valence-corrected chi connectivity index (χ0v) is 10.2. The lowest BCUT2D eigenvalue weighted by Crippen LogP contribution is -1.93. The van der Waals surface area contributed by atoms with Crippen LogP contribution in [-0.2, 0) is 6.42 Å². The van der Waals surface area contributed by atoms with Crippen LogP contribution in [-0.4, -0.2) is 10.7 Å². The molecule has 5 heteroatoms. The molecule has 4 nitrogen and oxygen atoms in total. The van der Waals surface area contributed by atoms with Gasteiger partial charge in [0.2, 0.25) is 0 Å². The molecular formula is C12H6BrNO3. The molecule has 2 aromatic rings. The van der Waals surface area contributed by atoms with Crippen LogP contribution < -0.4 is 0 Å². The number of non-ortho nitro benzene ring substituents is 1. The van der Waals surface area contributed by atoms with Gasteiger partial charge in [-0.25, -0.2) is 0 Å². The minimum absolute atomic E-state index is 0.0259. The quantitative estimate of drug-likeness (QED) is 0.598. The average molecular weight is 292 g/mol. The van der Waals surface area contributed by atoms with E-state index in [2.05, 4.69) is 15.9 Å². The molecule has 0 saturated carbocycles. The van der Waals surface area contributed by atoms with Gasteiger partial charge in [0, 0.05) is 27.9 Å². The van der Waals surface area contributed by atoms with Gasteiger partial charge in [-0.15, -0.1) is 0 Å². The normalized spacial score (nSPS) is 13.4. The Morgan fingerprint density at radius 2 is 1.94 bits per heavy atom. The van der Waals surface area contributed by atoms with E-state index in [1.54, 1.807) is 18.2 Å². The molecule has 0 unspecified atom stereocenters. The van der Waals surface area contributed by atoms with Crippen molar-refractivity contribution in [3.63, 3.8) is 0 Å². The van der Waals surface area contributed by atoms with Crippen LogP contribution in [0.2, 0.25) is 0 Å². The van der Waals surface area contributed by atoms with E-state index in [1.807, 2.05) is 0 Å². The summed E-state index contributed by atoms with van der Waals surface area (Å²) in [6.45, 7) is 0. The molecule has 0 amide bonds. The van der Waals surface area contributed by atoms with Crippen molar-refractivity contribution in [3.05, 3.63) is 50.0 Å². The number of nitro benzene ring substituents is 1. The van der Waals surface area contributed by atoms with Gasteiger partial charge in [0.05, 0.1) is 10.3 Å². The SMILES string of the molecule is O=C1Cc2ccc([N+](=O)[O-])c3c(Br)ccc1c23. The third kappa shape index (κ3) is 1.32. The number of Topliss-reactive ketones (excluding diaryl/α,β-unsaturated/α-hetero) is 1. The van der Waals surface area contributed by atoms with Gasteiger partial charge in [-0.2, -0.15) is 0 Å². The van der Waals surface area contributed by atoms with Gasteiger partial charge in [-0.1, -0.05) is 6.07 Å². The van der Waals surface area contributed by atoms with Crippen LogP contribution in [0, 0.1) is 10.1 Å². The fourth-order valence-corrected chi connectivity index (χ4v) is 2.84. The van der Waals surface area contributed by atoms with Crippen molar-refractivity contribution in [1.29, 1.82) is 0 Å². The summed E-state index contributed by atoms with van der Waals surface area (Å²) in [6.07, 6.45) is 0.334. The van der Waals surface area contributed by atoms with Crippen LogP contribution in [0.15, 0.2) is 28.7 Å². The summed E-state index contributed by atoms with van der Waals surface area (Å²) in [5.74, 6) is 0.0259. The number of carbonyl (C=O) groups is 1. The van der Waals surface area contributed by atoms with Gasteiger partial charge >= 0.3 is 0 Å². The Morgan fingerprint density at radius 3 is 2.65 bits per heavy atom. The number of nitro groups is 1. The number of carbonyl (C=O) groups excluding carboxylic acids is 1. The first-order valence-corrected chi connectivity index (χ1v) is 5.80. The van der Waals surface area contributed by atoms with Crippen molar-refractivity contribution in [2.75, 3.05) is 0 Å². The van der Waals surface area contributed by atoms with Crippen molar-refractivity contribution in [3.8, 4) is 0 Å². The summed E-state index contributed by atoms with van der Waals surface area (Å²) in [7, 11) is 0. The van der Waals surface area contributed by atoms with E-state index in [-0.39, 0.29) is 11.5 Å². The predicted octanol–water partition coefficient (Wildman–Crippen LogP) is 3.25. The standard InChI is InChI=1S/C12H6BrNO3/c13-8-3-2-7-10(15)5-6-1-4-9(14(16)17)12(8)11(6)7/h1-4H,5H2. The highest BCUT2D eigenvalue weighted by Gasteiger charge is 2.27. The molecule has 1 aliphatic rings. The van der Waals surface area contributed by atoms with Gasteiger partial charge in [0.15, 0.2) is 5.78 Å². The van der Waals surface area contributed by atoms with Gasteiger partial charge in [0.25, 0.3) is 5.69 Å². The van der Waals surface area contributed by atoms with Crippen LogP contribution in [0.1, 0.15) is 15.9 Å². The number of nitrogens with zero attached hydrogens (tertiary/aromatic N) is 1. The number of rotatable bonds is 1. The Labute approximate surface area is 105 Å². The highest BCUT2D eigenvalue weighted by atomic mass is 79.9. The lowest BCUT2D eigenvalue weighted by atomic mass is 10.0. The Kier molecular flexibility index (Phi) is 2.06. The number of hydrogen-bond acceptors (Lipinski definition) is 3. The number of halogens is 1. The summed E-state index contributed by atoms with van der Waals surface area (Å²) in [4.78, 5) is 22.3. The Hall–Kier alpha value is -1.75. The van der Waals surface area contributed by atoms with Crippen LogP contribution in [0.3, 0.4) is 0 Å². The van der Waals surface area contributed by atoms with Crippen LogP contribution >= 0.6 is 15.9 Å². The molecule has 0 saturated heterocycles. The fraction of sp³-hybridized carbons (Fsp3) is 0.0833. The van der Waals surface area contributed by atoms with E-state index in [0.717, 1.165) is 10.9 Å². The zero-order chi connectivity index (χ0) is 12.2. The predicted molar refractivity (Wildman–Crippen MR) is 66.3 cm³/mol. The summed E-state index contributed by atoms with van der Waals surface area (Å²) in [5.41, 5.74) is 1.49. The molecule has 0 fully saturated rings. The summed E-state index contributed by atoms with van der Waals surface area (Å²) < 4.78 is 0.652. The molecule has 84 valence electrons. The first-order chi connectivity index (χ1) is 8.09. The molecule has 0 aromatic heterocycles. The summed E-state index contributed by atoms with van der Waals surface area (Å²) >= 11 is 3.32. The maximum absolute atomic E-state index is 11.8. The van der Waals surface area contributed by atoms with Crippen LogP contribution in [0.5, 0.6) is 0 Å². The van der Waals surface area contributed by atoms with Gasteiger partial charge in [-0.05, 0) is 33.6 Å². The van der Waals surface area contributed by atoms with E-state index in [0.29, 0.717) is 21.8 Å². The second-order valence-electron chi connectivity index (χ2n) is 3.95. The van der Waals surface area contributed by atoms with Crippen molar-refractivity contribution in [2.24, 2.45) is 0 Å². The molecule has 0 heterocycles. The molecule has 3 rings (SSSR count). The third-order valence-corrected chi connectivity index (χ3v) is 3.68. The summed E-state index contributed by atoms with van der Waals surface area (Å²) in [5, 5.41) is 12.2. The average Bonchev–Trinajstić information content (AvgIpc) is 2.60. The molecule has 0 aliphatic heterocycles. The Morgan fingerprint density at radius 1 is 1.18 bits per heavy atom. The molecule has 0 radical (unpaired) electrons. The van der Waals surface area contributed by atoms with Gasteiger partial charge in [0.1, 0.15) is 0 Å². The first-order valence-electron chi connectivity index (χ1n) is 5.01. The van der Waals surface area contributed by atoms with E-state index in [1.165, 1.54) is 6.07 Å². The smallest absolute Gasteiger partial charge is 0.278 e. The lowest BCUT2D eigenvalue weighted by Gasteiger charge is -2.04. The molecule has 0 atom stereocenters.